The van der Waals surface area contributed by atoms with E-state index in [4.69, 9.17) is 0 Å². The van der Waals surface area contributed by atoms with Gasteiger partial charge in [0.2, 0.25) is 0 Å². The van der Waals surface area contributed by atoms with Crippen LogP contribution in [0, 0.1) is 10.5 Å². The summed E-state index contributed by atoms with van der Waals surface area (Å²) < 4.78 is 2.83. The molecule has 7 heteroatoms. The highest BCUT2D eigenvalue weighted by atomic mass is 124. The summed E-state index contributed by atoms with van der Waals surface area (Å²) in [6, 6.07) is 10.9. The largest absolute Gasteiger partial charge is 0.369 e. The summed E-state index contributed by atoms with van der Waals surface area (Å²) in [5.74, 6) is 0.772. The number of halogens is 1. The molecule has 0 radical (unpaired) electrons. The Hall–Kier alpha value is -2.13. The van der Waals surface area contributed by atoms with Crippen molar-refractivity contribution >= 4 is 50.7 Å². The highest BCUT2D eigenvalue weighted by Crippen LogP contribution is 2.33. The van der Waals surface area contributed by atoms with E-state index in [2.05, 4.69) is 67.4 Å². The van der Waals surface area contributed by atoms with Crippen molar-refractivity contribution in [2.75, 3.05) is 36.4 Å². The van der Waals surface area contributed by atoms with Crippen molar-refractivity contribution in [2.45, 2.75) is 38.6 Å². The fourth-order valence-electron chi connectivity index (χ4n) is 4.85. The molecule has 0 atom stereocenters. The quantitative estimate of drug-likeness (QED) is 0.488. The van der Waals surface area contributed by atoms with Gasteiger partial charge in [-0.2, -0.15) is 0 Å². The Morgan fingerprint density at radius 3 is 2.55 bits per heavy atom. The summed E-state index contributed by atoms with van der Waals surface area (Å²) in [6.45, 7) is 6.16. The summed E-state index contributed by atoms with van der Waals surface area (Å²) >= 11 is 2.19. The third kappa shape index (κ3) is 4.05. The van der Waals surface area contributed by atoms with Gasteiger partial charge in [-0.05, 0) is 72.2 Å². The van der Waals surface area contributed by atoms with Crippen molar-refractivity contribution in [1.82, 2.24) is 14.9 Å². The smallest absolute Gasteiger partial charge is 0.265 e. The van der Waals surface area contributed by atoms with E-state index in [-0.39, 0.29) is 11.6 Å². The molecule has 3 heterocycles. The fraction of sp³-hybridized carbons (Fsp3) is 0.417. The van der Waals surface area contributed by atoms with Crippen LogP contribution in [0.1, 0.15) is 37.3 Å². The first-order chi connectivity index (χ1) is 15.1. The molecule has 5 rings (SSSR count). The number of piperazine rings is 1. The molecule has 1 saturated heterocycles. The van der Waals surface area contributed by atoms with Crippen LogP contribution in [0.4, 0.5) is 17.2 Å². The zero-order chi connectivity index (χ0) is 21.4. The summed E-state index contributed by atoms with van der Waals surface area (Å²) in [7, 11) is 0. The van der Waals surface area contributed by atoms with Crippen LogP contribution in [0.2, 0.25) is 0 Å². The van der Waals surface area contributed by atoms with Crippen LogP contribution < -0.4 is 21.1 Å². The average Bonchev–Trinajstić information content (AvgIpc) is 3.33. The Morgan fingerprint density at radius 1 is 1.13 bits per heavy atom. The lowest BCUT2D eigenvalue weighted by Crippen LogP contribution is -2.43. The molecule has 0 unspecified atom stereocenters. The predicted octanol–water partition coefficient (Wildman–Crippen LogP) is 4.58. The van der Waals surface area contributed by atoms with E-state index in [9.17, 15) is 4.79 Å². The van der Waals surface area contributed by atoms with Crippen molar-refractivity contribution in [2.24, 2.45) is 0 Å². The maximum atomic E-state index is 13.2. The lowest BCUT2D eigenvalue weighted by Gasteiger charge is -2.29. The molecular formula is C24H28IN5O. The van der Waals surface area contributed by atoms with Crippen LogP contribution in [-0.4, -0.2) is 35.7 Å². The topological polar surface area (TPSA) is 62.2 Å². The molecule has 1 saturated carbocycles. The minimum absolute atomic E-state index is 0.134. The van der Waals surface area contributed by atoms with Crippen molar-refractivity contribution < 1.29 is 0 Å². The van der Waals surface area contributed by atoms with Gasteiger partial charge in [-0.15, -0.1) is 0 Å². The molecule has 2 aromatic heterocycles. The maximum Gasteiger partial charge on any atom is 0.265 e. The Morgan fingerprint density at radius 2 is 1.84 bits per heavy atom. The van der Waals surface area contributed by atoms with Crippen molar-refractivity contribution in [3.8, 4) is 0 Å². The molecular weight excluding hydrogens is 498 g/mol. The second-order valence-electron chi connectivity index (χ2n) is 8.55. The van der Waals surface area contributed by atoms with Crippen LogP contribution >= 0.6 is 22.6 Å². The number of nitrogens with zero attached hydrogens (tertiary/aromatic N) is 3. The Kier molecular flexibility index (Phi) is 5.88. The van der Waals surface area contributed by atoms with Gasteiger partial charge in [0, 0.05) is 61.2 Å². The molecule has 2 fully saturated rings. The van der Waals surface area contributed by atoms with E-state index in [1.807, 2.05) is 23.8 Å². The molecule has 0 spiro atoms. The zero-order valence-corrected chi connectivity index (χ0v) is 20.0. The number of aromatic nitrogens is 2. The molecule has 3 aromatic rings. The Balaban J connectivity index is 1.47. The van der Waals surface area contributed by atoms with Crippen LogP contribution in [-0.2, 0) is 0 Å². The number of fused-ring (bicyclic) bond motifs is 1. The van der Waals surface area contributed by atoms with Crippen molar-refractivity contribution in [3.63, 3.8) is 0 Å². The highest BCUT2D eigenvalue weighted by molar-refractivity contribution is 14.1. The number of aryl methyl sites for hydroxylation is 1. The normalized spacial score (nSPS) is 17.4. The van der Waals surface area contributed by atoms with Crippen LogP contribution in [0.3, 0.4) is 0 Å². The number of hydrogen-bond acceptors (Lipinski definition) is 5. The van der Waals surface area contributed by atoms with Gasteiger partial charge in [0.05, 0.1) is 9.09 Å². The Labute approximate surface area is 196 Å². The average molecular weight is 526 g/mol. The van der Waals surface area contributed by atoms with Crippen LogP contribution in [0.5, 0.6) is 0 Å². The first-order valence-electron chi connectivity index (χ1n) is 11.1. The van der Waals surface area contributed by atoms with Gasteiger partial charge in [-0.25, -0.2) is 4.98 Å². The molecule has 162 valence electrons. The minimum atomic E-state index is 0.134. The molecule has 31 heavy (non-hydrogen) atoms. The zero-order valence-electron chi connectivity index (χ0n) is 17.8. The van der Waals surface area contributed by atoms with E-state index in [1.165, 1.54) is 18.5 Å². The summed E-state index contributed by atoms with van der Waals surface area (Å²) in [4.78, 5) is 20.2. The Bertz CT molecular complexity index is 1150. The summed E-state index contributed by atoms with van der Waals surface area (Å²) in [5, 5.41) is 7.90. The van der Waals surface area contributed by atoms with Gasteiger partial charge in [0.25, 0.3) is 5.56 Å². The third-order valence-corrected chi connectivity index (χ3v) is 7.86. The molecule has 0 bridgehead atoms. The molecule has 0 amide bonds. The van der Waals surface area contributed by atoms with E-state index < -0.39 is 0 Å². The lowest BCUT2D eigenvalue weighted by molar-refractivity contribution is 0.517. The van der Waals surface area contributed by atoms with Gasteiger partial charge < -0.3 is 20.1 Å². The fourth-order valence-corrected chi connectivity index (χ4v) is 5.40. The van der Waals surface area contributed by atoms with Gasteiger partial charge in [-0.3, -0.25) is 4.79 Å². The molecule has 6 nitrogen and oxygen atoms in total. The van der Waals surface area contributed by atoms with Gasteiger partial charge in [0.15, 0.2) is 0 Å². The van der Waals surface area contributed by atoms with Crippen LogP contribution in [0.25, 0.3) is 10.9 Å². The summed E-state index contributed by atoms with van der Waals surface area (Å²) in [5.41, 5.74) is 4.40. The van der Waals surface area contributed by atoms with Crippen molar-refractivity contribution in [1.29, 1.82) is 0 Å². The third-order valence-electron chi connectivity index (χ3n) is 6.59. The van der Waals surface area contributed by atoms with Gasteiger partial charge in [-0.1, -0.05) is 12.8 Å². The lowest BCUT2D eigenvalue weighted by atomic mass is 10.1. The molecule has 1 aromatic carbocycles. The van der Waals surface area contributed by atoms with Gasteiger partial charge in [0.1, 0.15) is 5.82 Å². The monoisotopic (exact) mass is 526 g/mol. The number of benzene rings is 1. The number of pyridine rings is 2. The van der Waals surface area contributed by atoms with Gasteiger partial charge >= 0.3 is 0 Å². The molecule has 2 aliphatic rings. The number of anilines is 3. The maximum absolute atomic E-state index is 13.2. The highest BCUT2D eigenvalue weighted by Gasteiger charge is 2.23. The second-order valence-corrected chi connectivity index (χ2v) is 9.63. The van der Waals surface area contributed by atoms with E-state index in [0.717, 1.165) is 70.6 Å². The summed E-state index contributed by atoms with van der Waals surface area (Å²) in [6.07, 6.45) is 6.45. The van der Waals surface area contributed by atoms with E-state index in [1.54, 1.807) is 0 Å². The SMILES string of the molecule is Cc1c([124I])c(=O)n(C2CCCC2)c2cc(Nc3ccc(N4CCNCC4)cc3)ncc12. The van der Waals surface area contributed by atoms with Crippen molar-refractivity contribution in [3.05, 3.63) is 56.0 Å². The predicted molar refractivity (Wildman–Crippen MR) is 136 cm³/mol. The standard InChI is InChI=1S/C24H28IN5O/c1-16-20-15-27-22(14-21(20)30(24(31)23(16)25)19-4-2-3-5-19)28-17-6-8-18(9-7-17)29-12-10-26-11-13-29/h6-9,14-15,19,26H,2-5,10-13H2,1H3,(H,27,28)/i25-3. The number of hydrogen-bond donors (Lipinski definition) is 2. The molecule has 1 aliphatic heterocycles. The second kappa shape index (κ2) is 8.78. The molecule has 2 N–H and O–H groups in total. The number of rotatable bonds is 4. The van der Waals surface area contributed by atoms with E-state index in [0.29, 0.717) is 0 Å². The minimum Gasteiger partial charge on any atom is -0.369 e. The van der Waals surface area contributed by atoms with Crippen LogP contribution in [0.15, 0.2) is 41.3 Å². The number of nitrogens with one attached hydrogen (secondary N) is 2. The van der Waals surface area contributed by atoms with E-state index >= 15 is 0 Å². The molecule has 1 aliphatic carbocycles. The first kappa shape index (κ1) is 20.8. The first-order valence-corrected chi connectivity index (χ1v) is 12.2.